The van der Waals surface area contributed by atoms with E-state index < -0.39 is 6.04 Å². The molecule has 7 nitrogen and oxygen atoms in total. The Bertz CT molecular complexity index is 1150. The quantitative estimate of drug-likeness (QED) is 0.593. The van der Waals surface area contributed by atoms with Crippen LogP contribution in [0.1, 0.15) is 13.0 Å². The van der Waals surface area contributed by atoms with Crippen LogP contribution in [0.5, 0.6) is 5.75 Å². The Kier molecular flexibility index (Phi) is 6.46. The first kappa shape index (κ1) is 21.9. The summed E-state index contributed by atoms with van der Waals surface area (Å²) in [5, 5.41) is 5.17. The number of benzene rings is 2. The number of nitrogens with zero attached hydrogens (tertiary/aromatic N) is 4. The number of halogens is 1. The van der Waals surface area contributed by atoms with Crippen molar-refractivity contribution >= 4 is 23.2 Å². The number of hydrogen-bond donors (Lipinski definition) is 0. The lowest BCUT2D eigenvalue weighted by atomic mass is 10.1. The van der Waals surface area contributed by atoms with Crippen molar-refractivity contribution in [3.05, 3.63) is 76.0 Å². The summed E-state index contributed by atoms with van der Waals surface area (Å²) in [6.07, 6.45) is 0. The minimum absolute atomic E-state index is 0.114. The van der Waals surface area contributed by atoms with Crippen molar-refractivity contribution in [2.24, 2.45) is 0 Å². The number of carbonyl (C=O) groups is 1. The second kappa shape index (κ2) is 9.44. The highest BCUT2D eigenvalue weighted by molar-refractivity contribution is 6.30. The lowest BCUT2D eigenvalue weighted by molar-refractivity contribution is -0.135. The highest BCUT2D eigenvalue weighted by Gasteiger charge is 2.27. The van der Waals surface area contributed by atoms with Crippen molar-refractivity contribution in [1.29, 1.82) is 0 Å². The molecule has 1 aromatic heterocycles. The largest absolute Gasteiger partial charge is 0.497 e. The molecule has 0 saturated carbocycles. The molecule has 1 atom stereocenters. The molecule has 0 aliphatic carbocycles. The van der Waals surface area contributed by atoms with Crippen molar-refractivity contribution in [1.82, 2.24) is 14.7 Å². The smallest absolute Gasteiger partial charge is 0.267 e. The Morgan fingerprint density at radius 3 is 2.41 bits per heavy atom. The summed E-state index contributed by atoms with van der Waals surface area (Å²) < 4.78 is 6.46. The van der Waals surface area contributed by atoms with Crippen LogP contribution >= 0.6 is 11.6 Å². The molecule has 0 bridgehead atoms. The van der Waals surface area contributed by atoms with Gasteiger partial charge in [-0.25, -0.2) is 4.68 Å². The van der Waals surface area contributed by atoms with Gasteiger partial charge in [0.1, 0.15) is 11.8 Å². The first-order valence-corrected chi connectivity index (χ1v) is 10.9. The first-order valence-electron chi connectivity index (χ1n) is 10.5. The molecule has 32 heavy (non-hydrogen) atoms. The Balaban J connectivity index is 1.47. The van der Waals surface area contributed by atoms with Crippen LogP contribution in [-0.2, 0) is 4.79 Å². The lowest BCUT2D eigenvalue weighted by Crippen LogP contribution is -2.51. The van der Waals surface area contributed by atoms with Gasteiger partial charge in [-0.05, 0) is 55.5 Å². The van der Waals surface area contributed by atoms with E-state index in [2.05, 4.69) is 10.00 Å². The SMILES string of the molecule is COc1ccc(-c2ccc(=O)n(C(C)C(=O)N3CCN(c4cccc(Cl)c4)CC3)n2)cc1. The molecule has 1 saturated heterocycles. The summed E-state index contributed by atoms with van der Waals surface area (Å²) in [7, 11) is 1.61. The Labute approximate surface area is 191 Å². The zero-order valence-corrected chi connectivity index (χ0v) is 18.8. The van der Waals surface area contributed by atoms with Gasteiger partial charge in [0.05, 0.1) is 12.8 Å². The van der Waals surface area contributed by atoms with E-state index in [4.69, 9.17) is 16.3 Å². The highest BCUT2D eigenvalue weighted by Crippen LogP contribution is 2.22. The minimum atomic E-state index is -0.696. The van der Waals surface area contributed by atoms with E-state index in [0.717, 1.165) is 17.0 Å². The van der Waals surface area contributed by atoms with Crippen LogP contribution in [0.4, 0.5) is 5.69 Å². The molecule has 1 unspecified atom stereocenters. The number of amides is 1. The monoisotopic (exact) mass is 452 g/mol. The van der Waals surface area contributed by atoms with Crippen LogP contribution in [0.2, 0.25) is 5.02 Å². The van der Waals surface area contributed by atoms with E-state index in [-0.39, 0.29) is 11.5 Å². The van der Waals surface area contributed by atoms with Gasteiger partial charge >= 0.3 is 0 Å². The Hall–Kier alpha value is -3.32. The van der Waals surface area contributed by atoms with Crippen molar-refractivity contribution in [3.63, 3.8) is 0 Å². The molecule has 0 radical (unpaired) electrons. The van der Waals surface area contributed by atoms with E-state index in [0.29, 0.717) is 36.9 Å². The number of rotatable bonds is 5. The third-order valence-electron chi connectivity index (χ3n) is 5.70. The molecule has 1 aliphatic heterocycles. The Morgan fingerprint density at radius 2 is 1.75 bits per heavy atom. The zero-order valence-electron chi connectivity index (χ0n) is 18.1. The summed E-state index contributed by atoms with van der Waals surface area (Å²) in [5.41, 5.74) is 2.20. The van der Waals surface area contributed by atoms with Gasteiger partial charge in [0, 0.05) is 48.5 Å². The van der Waals surface area contributed by atoms with Crippen LogP contribution in [0.3, 0.4) is 0 Å². The molecule has 4 rings (SSSR count). The third-order valence-corrected chi connectivity index (χ3v) is 5.93. The molecule has 0 N–H and O–H groups in total. The molecule has 3 aromatic rings. The normalized spacial score (nSPS) is 14.8. The second-order valence-corrected chi connectivity index (χ2v) is 8.13. The van der Waals surface area contributed by atoms with E-state index in [1.54, 1.807) is 25.0 Å². The van der Waals surface area contributed by atoms with Gasteiger partial charge in [-0.1, -0.05) is 17.7 Å². The summed E-state index contributed by atoms with van der Waals surface area (Å²) >= 11 is 6.10. The molecule has 8 heteroatoms. The van der Waals surface area contributed by atoms with Gasteiger partial charge in [0.25, 0.3) is 5.56 Å². The fraction of sp³-hybridized carbons (Fsp3) is 0.292. The molecule has 1 amide bonds. The van der Waals surface area contributed by atoms with E-state index in [9.17, 15) is 9.59 Å². The van der Waals surface area contributed by atoms with Crippen LogP contribution in [0.15, 0.2) is 65.5 Å². The maximum absolute atomic E-state index is 13.1. The predicted octanol–water partition coefficient (Wildman–Crippen LogP) is 3.48. The average molecular weight is 453 g/mol. The van der Waals surface area contributed by atoms with Crippen molar-refractivity contribution < 1.29 is 9.53 Å². The van der Waals surface area contributed by atoms with E-state index >= 15 is 0 Å². The maximum Gasteiger partial charge on any atom is 0.267 e. The van der Waals surface area contributed by atoms with Gasteiger partial charge in [-0.3, -0.25) is 9.59 Å². The highest BCUT2D eigenvalue weighted by atomic mass is 35.5. The summed E-state index contributed by atoms with van der Waals surface area (Å²) in [6, 6.07) is 17.5. The van der Waals surface area contributed by atoms with Crippen LogP contribution in [0.25, 0.3) is 11.3 Å². The molecular formula is C24H25ClN4O3. The van der Waals surface area contributed by atoms with Crippen molar-refractivity contribution in [2.45, 2.75) is 13.0 Å². The van der Waals surface area contributed by atoms with Gasteiger partial charge in [0.2, 0.25) is 5.91 Å². The van der Waals surface area contributed by atoms with Crippen LogP contribution in [0, 0.1) is 0 Å². The van der Waals surface area contributed by atoms with Crippen LogP contribution in [-0.4, -0.2) is 53.9 Å². The third kappa shape index (κ3) is 4.62. The molecule has 2 heterocycles. The molecule has 166 valence electrons. The van der Waals surface area contributed by atoms with Crippen molar-refractivity contribution in [3.8, 4) is 17.0 Å². The molecule has 0 spiro atoms. The Morgan fingerprint density at radius 1 is 1.03 bits per heavy atom. The number of anilines is 1. The van der Waals surface area contributed by atoms with E-state index in [1.165, 1.54) is 10.7 Å². The summed E-state index contributed by atoms with van der Waals surface area (Å²) in [4.78, 5) is 29.6. The summed E-state index contributed by atoms with van der Waals surface area (Å²) in [6.45, 7) is 4.27. The zero-order chi connectivity index (χ0) is 22.7. The molecule has 2 aromatic carbocycles. The number of aromatic nitrogens is 2. The second-order valence-electron chi connectivity index (χ2n) is 7.70. The first-order chi connectivity index (χ1) is 15.5. The van der Waals surface area contributed by atoms with E-state index in [1.807, 2.05) is 48.5 Å². The number of carbonyl (C=O) groups excluding carboxylic acids is 1. The average Bonchev–Trinajstić information content (AvgIpc) is 2.83. The summed E-state index contributed by atoms with van der Waals surface area (Å²) in [5.74, 6) is 0.625. The van der Waals surface area contributed by atoms with Crippen molar-refractivity contribution in [2.75, 3.05) is 38.2 Å². The maximum atomic E-state index is 13.1. The molecule has 1 aliphatic rings. The molecule has 1 fully saturated rings. The number of methoxy groups -OCH3 is 1. The number of hydrogen-bond acceptors (Lipinski definition) is 5. The predicted molar refractivity (Wildman–Crippen MR) is 125 cm³/mol. The fourth-order valence-electron chi connectivity index (χ4n) is 3.85. The number of ether oxygens (including phenoxy) is 1. The van der Waals surface area contributed by atoms with Crippen LogP contribution < -0.4 is 15.2 Å². The number of piperazine rings is 1. The topological polar surface area (TPSA) is 67.7 Å². The van der Waals surface area contributed by atoms with Gasteiger partial charge < -0.3 is 14.5 Å². The molecular weight excluding hydrogens is 428 g/mol. The standard InChI is InChI=1S/C24H25ClN4O3/c1-17(24(31)28-14-12-27(13-15-28)20-5-3-4-19(25)16-20)29-23(30)11-10-22(26-29)18-6-8-21(32-2)9-7-18/h3-11,16-17H,12-15H2,1-2H3. The minimum Gasteiger partial charge on any atom is -0.497 e. The van der Waals surface area contributed by atoms with Gasteiger partial charge in [-0.2, -0.15) is 5.10 Å². The van der Waals surface area contributed by atoms with Gasteiger partial charge in [-0.15, -0.1) is 0 Å². The fourth-order valence-corrected chi connectivity index (χ4v) is 4.03. The van der Waals surface area contributed by atoms with Gasteiger partial charge in [0.15, 0.2) is 0 Å². The lowest BCUT2D eigenvalue weighted by Gasteiger charge is -2.37.